The Kier molecular flexibility index (Phi) is 4.99. The predicted octanol–water partition coefficient (Wildman–Crippen LogP) is 3.18. The first-order chi connectivity index (χ1) is 12.2. The summed E-state index contributed by atoms with van der Waals surface area (Å²) >= 11 is 0. The molecule has 0 amide bonds. The summed E-state index contributed by atoms with van der Waals surface area (Å²) in [5, 5.41) is 0.764. The van der Waals surface area contributed by atoms with E-state index in [-0.39, 0.29) is 6.61 Å². The van der Waals surface area contributed by atoms with Crippen molar-refractivity contribution in [3.05, 3.63) is 65.0 Å². The van der Waals surface area contributed by atoms with Crippen molar-refractivity contribution in [1.82, 2.24) is 0 Å². The summed E-state index contributed by atoms with van der Waals surface area (Å²) in [6, 6.07) is 14.9. The molecule has 0 aliphatic rings. The molecule has 3 rings (SSSR count). The molecule has 0 bridgehead atoms. The van der Waals surface area contributed by atoms with Crippen LogP contribution in [-0.2, 0) is 4.79 Å². The Morgan fingerprint density at radius 2 is 1.76 bits per heavy atom. The zero-order chi connectivity index (χ0) is 17.6. The highest BCUT2D eigenvalue weighted by atomic mass is 16.6. The number of carbonyl (C=O) groups is 1. The van der Waals surface area contributed by atoms with Gasteiger partial charge < -0.3 is 18.6 Å². The second-order valence-corrected chi connectivity index (χ2v) is 5.10. The molecule has 0 aliphatic heterocycles. The van der Waals surface area contributed by atoms with Crippen LogP contribution in [0.25, 0.3) is 11.0 Å². The van der Waals surface area contributed by atoms with E-state index in [0.29, 0.717) is 29.4 Å². The van der Waals surface area contributed by atoms with Gasteiger partial charge in [0.15, 0.2) is 18.1 Å². The van der Waals surface area contributed by atoms with Crippen LogP contribution in [0.3, 0.4) is 0 Å². The number of benzene rings is 2. The standard InChI is InChI=1S/C19H16O6/c1-2-22-15-5-3-4-6-16(15)24-19(21)12-23-14-9-7-13-8-10-18(20)25-17(13)11-14/h3-11H,2,12H2,1H3. The van der Waals surface area contributed by atoms with Gasteiger partial charge in [-0.25, -0.2) is 9.59 Å². The van der Waals surface area contributed by atoms with E-state index >= 15 is 0 Å². The first-order valence-electron chi connectivity index (χ1n) is 7.75. The maximum absolute atomic E-state index is 12.0. The Labute approximate surface area is 143 Å². The van der Waals surface area contributed by atoms with Crippen LogP contribution in [-0.4, -0.2) is 19.2 Å². The van der Waals surface area contributed by atoms with Gasteiger partial charge in [-0.3, -0.25) is 0 Å². The van der Waals surface area contributed by atoms with Crippen molar-refractivity contribution >= 4 is 16.9 Å². The van der Waals surface area contributed by atoms with Gasteiger partial charge in [-0.1, -0.05) is 12.1 Å². The molecule has 128 valence electrons. The molecule has 0 unspecified atom stereocenters. The zero-order valence-electron chi connectivity index (χ0n) is 13.6. The molecular formula is C19H16O6. The van der Waals surface area contributed by atoms with E-state index in [2.05, 4.69) is 0 Å². The molecule has 0 saturated carbocycles. The lowest BCUT2D eigenvalue weighted by Gasteiger charge is -2.11. The van der Waals surface area contributed by atoms with Gasteiger partial charge in [0.1, 0.15) is 11.3 Å². The number of esters is 1. The Hall–Kier alpha value is -3.28. The maximum atomic E-state index is 12.0. The SMILES string of the molecule is CCOc1ccccc1OC(=O)COc1ccc2ccc(=O)oc2c1. The largest absolute Gasteiger partial charge is 0.490 e. The normalized spacial score (nSPS) is 10.4. The van der Waals surface area contributed by atoms with Crippen LogP contribution in [0.2, 0.25) is 0 Å². The quantitative estimate of drug-likeness (QED) is 0.390. The van der Waals surface area contributed by atoms with Gasteiger partial charge in [0.2, 0.25) is 0 Å². The minimum absolute atomic E-state index is 0.289. The Morgan fingerprint density at radius 3 is 2.56 bits per heavy atom. The molecule has 6 nitrogen and oxygen atoms in total. The van der Waals surface area contributed by atoms with Crippen LogP contribution in [0.15, 0.2) is 63.8 Å². The summed E-state index contributed by atoms with van der Waals surface area (Å²) < 4.78 is 21.2. The average Bonchev–Trinajstić information content (AvgIpc) is 2.61. The third-order valence-corrected chi connectivity index (χ3v) is 3.32. The first kappa shape index (κ1) is 16.6. The van der Waals surface area contributed by atoms with Crippen LogP contribution < -0.4 is 19.8 Å². The summed E-state index contributed by atoms with van der Waals surface area (Å²) in [6.07, 6.45) is 0. The molecule has 0 atom stereocenters. The molecule has 3 aromatic rings. The zero-order valence-corrected chi connectivity index (χ0v) is 13.6. The van der Waals surface area contributed by atoms with Gasteiger partial charge >= 0.3 is 11.6 Å². The van der Waals surface area contributed by atoms with Crippen LogP contribution >= 0.6 is 0 Å². The first-order valence-corrected chi connectivity index (χ1v) is 7.75. The molecule has 0 N–H and O–H groups in total. The number of carbonyl (C=O) groups excluding carboxylic acids is 1. The van der Waals surface area contributed by atoms with E-state index in [9.17, 15) is 9.59 Å². The second-order valence-electron chi connectivity index (χ2n) is 5.10. The van der Waals surface area contributed by atoms with Crippen molar-refractivity contribution in [1.29, 1.82) is 0 Å². The number of ether oxygens (including phenoxy) is 3. The van der Waals surface area contributed by atoms with E-state index < -0.39 is 11.6 Å². The number of rotatable bonds is 6. The third-order valence-electron chi connectivity index (χ3n) is 3.32. The van der Waals surface area contributed by atoms with Crippen molar-refractivity contribution in [3.8, 4) is 17.2 Å². The van der Waals surface area contributed by atoms with Gasteiger partial charge in [-0.2, -0.15) is 0 Å². The Morgan fingerprint density at radius 1 is 1.00 bits per heavy atom. The molecule has 2 aromatic carbocycles. The molecule has 1 heterocycles. The fourth-order valence-corrected chi connectivity index (χ4v) is 2.23. The molecule has 0 aliphatic carbocycles. The highest BCUT2D eigenvalue weighted by Crippen LogP contribution is 2.26. The topological polar surface area (TPSA) is 75.0 Å². The number of hydrogen-bond donors (Lipinski definition) is 0. The highest BCUT2D eigenvalue weighted by Gasteiger charge is 2.11. The van der Waals surface area contributed by atoms with E-state index in [1.807, 2.05) is 6.92 Å². The van der Waals surface area contributed by atoms with E-state index in [4.69, 9.17) is 18.6 Å². The number of para-hydroxylation sites is 2. The molecule has 6 heteroatoms. The number of hydrogen-bond acceptors (Lipinski definition) is 6. The smallest absolute Gasteiger partial charge is 0.349 e. The summed E-state index contributed by atoms with van der Waals surface area (Å²) in [6.45, 7) is 2.02. The molecule has 0 fully saturated rings. The van der Waals surface area contributed by atoms with E-state index in [0.717, 1.165) is 5.39 Å². The molecule has 0 saturated heterocycles. The fourth-order valence-electron chi connectivity index (χ4n) is 2.23. The summed E-state index contributed by atoms with van der Waals surface area (Å²) in [5.41, 5.74) is -0.0587. The lowest BCUT2D eigenvalue weighted by Crippen LogP contribution is -2.18. The van der Waals surface area contributed by atoms with E-state index in [1.165, 1.54) is 6.07 Å². The van der Waals surface area contributed by atoms with Crippen LogP contribution in [0.4, 0.5) is 0 Å². The van der Waals surface area contributed by atoms with Crippen molar-refractivity contribution in [2.75, 3.05) is 13.2 Å². The molecule has 1 aromatic heterocycles. The molecule has 0 spiro atoms. The summed E-state index contributed by atoms with van der Waals surface area (Å²) in [5.74, 6) is 0.659. The van der Waals surface area contributed by atoms with Crippen molar-refractivity contribution in [2.45, 2.75) is 6.92 Å². The van der Waals surface area contributed by atoms with Gasteiger partial charge in [-0.05, 0) is 37.3 Å². The van der Waals surface area contributed by atoms with Gasteiger partial charge in [-0.15, -0.1) is 0 Å². The maximum Gasteiger partial charge on any atom is 0.349 e. The predicted molar refractivity (Wildman–Crippen MR) is 91.2 cm³/mol. The van der Waals surface area contributed by atoms with Gasteiger partial charge in [0.25, 0.3) is 0 Å². The Bertz CT molecular complexity index is 944. The fraction of sp³-hybridized carbons (Fsp3) is 0.158. The van der Waals surface area contributed by atoms with Gasteiger partial charge in [0.05, 0.1) is 6.61 Å². The molecule has 0 radical (unpaired) electrons. The third kappa shape index (κ3) is 4.17. The van der Waals surface area contributed by atoms with Gasteiger partial charge in [0, 0.05) is 17.5 Å². The van der Waals surface area contributed by atoms with E-state index in [1.54, 1.807) is 48.5 Å². The monoisotopic (exact) mass is 340 g/mol. The minimum atomic E-state index is -0.568. The lowest BCUT2D eigenvalue weighted by atomic mass is 10.2. The summed E-state index contributed by atoms with van der Waals surface area (Å²) in [7, 11) is 0. The molecular weight excluding hydrogens is 324 g/mol. The Balaban J connectivity index is 1.65. The van der Waals surface area contributed by atoms with Crippen LogP contribution in [0.1, 0.15) is 6.92 Å². The lowest BCUT2D eigenvalue weighted by molar-refractivity contribution is -0.136. The average molecular weight is 340 g/mol. The van der Waals surface area contributed by atoms with Crippen molar-refractivity contribution in [3.63, 3.8) is 0 Å². The number of fused-ring (bicyclic) bond motifs is 1. The van der Waals surface area contributed by atoms with Crippen LogP contribution in [0.5, 0.6) is 17.2 Å². The van der Waals surface area contributed by atoms with Crippen molar-refractivity contribution < 1.29 is 23.4 Å². The minimum Gasteiger partial charge on any atom is -0.490 e. The molecule has 25 heavy (non-hydrogen) atoms. The van der Waals surface area contributed by atoms with Crippen LogP contribution in [0, 0.1) is 0 Å². The van der Waals surface area contributed by atoms with Crippen molar-refractivity contribution in [2.24, 2.45) is 0 Å². The second kappa shape index (κ2) is 7.53. The summed E-state index contributed by atoms with van der Waals surface area (Å²) in [4.78, 5) is 23.2. The highest BCUT2D eigenvalue weighted by molar-refractivity contribution is 5.78.